The van der Waals surface area contributed by atoms with Crippen LogP contribution in [0.25, 0.3) is 5.57 Å². The van der Waals surface area contributed by atoms with Gasteiger partial charge in [-0.3, -0.25) is 0 Å². The minimum atomic E-state index is -0.235. The number of anilines is 1. The molecule has 0 aromatic heterocycles. The average molecular weight is 270 g/mol. The maximum atomic E-state index is 13.4. The zero-order valence-electron chi connectivity index (χ0n) is 9.06. The van der Waals surface area contributed by atoms with Crippen molar-refractivity contribution < 1.29 is 4.39 Å². The number of hydrogen-bond donors (Lipinski definition) is 0. The molecule has 1 heterocycles. The highest BCUT2D eigenvalue weighted by Gasteiger charge is 2.37. The summed E-state index contributed by atoms with van der Waals surface area (Å²) in [6.45, 7) is 8.21. The molecule has 15 heavy (non-hydrogen) atoms. The van der Waals surface area contributed by atoms with Crippen molar-refractivity contribution in [2.45, 2.75) is 19.4 Å². The molecule has 0 atom stereocenters. The first kappa shape index (κ1) is 10.7. The highest BCUT2D eigenvalue weighted by atomic mass is 79.9. The lowest BCUT2D eigenvalue weighted by atomic mass is 9.94. The Morgan fingerprint density at radius 3 is 2.60 bits per heavy atom. The standard InChI is InChI=1S/C12H13BrFN/c1-7-8-5-10(14)9(13)6-11(8)15(4)12(7,2)3/h5-6H,1H2,2-4H3. The largest absolute Gasteiger partial charge is 0.365 e. The highest BCUT2D eigenvalue weighted by molar-refractivity contribution is 9.10. The van der Waals surface area contributed by atoms with Crippen LogP contribution in [-0.2, 0) is 0 Å². The summed E-state index contributed by atoms with van der Waals surface area (Å²) in [5.41, 5.74) is 2.75. The minimum absolute atomic E-state index is 0.143. The molecular weight excluding hydrogens is 257 g/mol. The fourth-order valence-corrected chi connectivity index (χ4v) is 2.22. The van der Waals surface area contributed by atoms with E-state index in [-0.39, 0.29) is 11.4 Å². The molecule has 0 spiro atoms. The monoisotopic (exact) mass is 269 g/mol. The fourth-order valence-electron chi connectivity index (χ4n) is 1.89. The lowest BCUT2D eigenvalue weighted by molar-refractivity contribution is 0.621. The summed E-state index contributed by atoms with van der Waals surface area (Å²) in [7, 11) is 2.00. The van der Waals surface area contributed by atoms with E-state index < -0.39 is 0 Å². The van der Waals surface area contributed by atoms with Crippen LogP contribution < -0.4 is 4.90 Å². The van der Waals surface area contributed by atoms with Gasteiger partial charge in [0.15, 0.2) is 0 Å². The molecule has 3 heteroatoms. The van der Waals surface area contributed by atoms with E-state index in [0.29, 0.717) is 4.47 Å². The Morgan fingerprint density at radius 2 is 2.00 bits per heavy atom. The van der Waals surface area contributed by atoms with Gasteiger partial charge in [-0.1, -0.05) is 6.58 Å². The normalized spacial score (nSPS) is 18.2. The fraction of sp³-hybridized carbons (Fsp3) is 0.333. The van der Waals surface area contributed by atoms with Crippen LogP contribution >= 0.6 is 15.9 Å². The Morgan fingerprint density at radius 1 is 1.40 bits per heavy atom. The van der Waals surface area contributed by atoms with Crippen LogP contribution in [0.15, 0.2) is 23.2 Å². The van der Waals surface area contributed by atoms with Crippen LogP contribution in [0.3, 0.4) is 0 Å². The molecule has 2 rings (SSSR count). The molecule has 0 radical (unpaired) electrons. The van der Waals surface area contributed by atoms with Crippen molar-refractivity contribution in [2.24, 2.45) is 0 Å². The minimum Gasteiger partial charge on any atom is -0.365 e. The van der Waals surface area contributed by atoms with Gasteiger partial charge in [-0.15, -0.1) is 0 Å². The third-order valence-electron chi connectivity index (χ3n) is 3.30. The summed E-state index contributed by atoms with van der Waals surface area (Å²) in [6.07, 6.45) is 0. The van der Waals surface area contributed by atoms with E-state index in [1.54, 1.807) is 6.07 Å². The van der Waals surface area contributed by atoms with Crippen molar-refractivity contribution in [1.82, 2.24) is 0 Å². The van der Waals surface area contributed by atoms with Gasteiger partial charge in [0.1, 0.15) is 5.82 Å². The van der Waals surface area contributed by atoms with Gasteiger partial charge in [0, 0.05) is 18.3 Å². The summed E-state index contributed by atoms with van der Waals surface area (Å²) in [6, 6.07) is 3.36. The number of halogens is 2. The average Bonchev–Trinajstić information content (AvgIpc) is 2.32. The second kappa shape index (κ2) is 3.08. The lowest BCUT2D eigenvalue weighted by Crippen LogP contribution is -2.36. The Kier molecular flexibility index (Phi) is 2.19. The third-order valence-corrected chi connectivity index (χ3v) is 3.91. The summed E-state index contributed by atoms with van der Waals surface area (Å²) < 4.78 is 13.9. The number of nitrogens with zero attached hydrogens (tertiary/aromatic N) is 1. The Bertz CT molecular complexity index is 451. The van der Waals surface area contributed by atoms with E-state index in [2.05, 4.69) is 41.3 Å². The zero-order valence-corrected chi connectivity index (χ0v) is 10.7. The number of fused-ring (bicyclic) bond motifs is 1. The van der Waals surface area contributed by atoms with E-state index in [1.807, 2.05) is 13.1 Å². The molecule has 1 aromatic carbocycles. The Balaban J connectivity index is 2.69. The summed E-state index contributed by atoms with van der Waals surface area (Å²) in [5, 5.41) is 0. The third kappa shape index (κ3) is 1.33. The predicted molar refractivity (Wildman–Crippen MR) is 65.6 cm³/mol. The van der Waals surface area contributed by atoms with E-state index >= 15 is 0 Å². The van der Waals surface area contributed by atoms with Crippen molar-refractivity contribution in [1.29, 1.82) is 0 Å². The zero-order chi connectivity index (χ0) is 11.4. The molecular formula is C12H13BrFN. The molecule has 1 aliphatic rings. The van der Waals surface area contributed by atoms with Crippen molar-refractivity contribution in [3.05, 3.63) is 34.6 Å². The Hall–Kier alpha value is -0.830. The second-order valence-corrected chi connectivity index (χ2v) is 5.23. The number of hydrogen-bond acceptors (Lipinski definition) is 1. The first-order valence-electron chi connectivity index (χ1n) is 4.78. The van der Waals surface area contributed by atoms with Gasteiger partial charge in [-0.25, -0.2) is 4.39 Å². The Labute approximate surface area is 97.7 Å². The van der Waals surface area contributed by atoms with Gasteiger partial charge in [0.05, 0.1) is 10.0 Å². The molecule has 0 aliphatic carbocycles. The van der Waals surface area contributed by atoms with Crippen molar-refractivity contribution >= 4 is 27.2 Å². The van der Waals surface area contributed by atoms with Crippen LogP contribution in [0, 0.1) is 5.82 Å². The topological polar surface area (TPSA) is 3.24 Å². The van der Waals surface area contributed by atoms with Gasteiger partial charge >= 0.3 is 0 Å². The maximum Gasteiger partial charge on any atom is 0.138 e. The van der Waals surface area contributed by atoms with E-state index in [4.69, 9.17) is 0 Å². The number of rotatable bonds is 0. The molecule has 80 valence electrons. The van der Waals surface area contributed by atoms with Crippen LogP contribution in [0.1, 0.15) is 19.4 Å². The van der Waals surface area contributed by atoms with Crippen LogP contribution in [0.4, 0.5) is 10.1 Å². The van der Waals surface area contributed by atoms with Gasteiger partial charge in [-0.05, 0) is 47.5 Å². The number of likely N-dealkylation sites (N-methyl/N-ethyl adjacent to an activating group) is 1. The molecule has 1 aliphatic heterocycles. The van der Waals surface area contributed by atoms with E-state index in [0.717, 1.165) is 16.8 Å². The summed E-state index contributed by atoms with van der Waals surface area (Å²) in [5.74, 6) is -0.235. The smallest absolute Gasteiger partial charge is 0.138 e. The molecule has 0 saturated heterocycles. The molecule has 0 saturated carbocycles. The molecule has 0 amide bonds. The van der Waals surface area contributed by atoms with Crippen molar-refractivity contribution in [3.8, 4) is 0 Å². The molecule has 1 nitrogen and oxygen atoms in total. The first-order chi connectivity index (χ1) is 6.85. The van der Waals surface area contributed by atoms with Gasteiger partial charge in [0.2, 0.25) is 0 Å². The predicted octanol–water partition coefficient (Wildman–Crippen LogP) is 3.83. The molecule has 1 aromatic rings. The van der Waals surface area contributed by atoms with E-state index in [1.165, 1.54) is 0 Å². The molecule has 0 bridgehead atoms. The summed E-state index contributed by atoms with van der Waals surface area (Å²) in [4.78, 5) is 2.12. The van der Waals surface area contributed by atoms with Crippen LogP contribution in [-0.4, -0.2) is 12.6 Å². The van der Waals surface area contributed by atoms with Crippen LogP contribution in [0.2, 0.25) is 0 Å². The molecule has 0 N–H and O–H groups in total. The van der Waals surface area contributed by atoms with Crippen LogP contribution in [0.5, 0.6) is 0 Å². The maximum absolute atomic E-state index is 13.4. The number of benzene rings is 1. The van der Waals surface area contributed by atoms with Gasteiger partial charge in [-0.2, -0.15) is 0 Å². The molecule has 0 fully saturated rings. The van der Waals surface area contributed by atoms with Gasteiger partial charge in [0.25, 0.3) is 0 Å². The SMILES string of the molecule is C=C1c2cc(F)c(Br)cc2N(C)C1(C)C. The lowest BCUT2D eigenvalue weighted by Gasteiger charge is -2.30. The van der Waals surface area contributed by atoms with Crippen molar-refractivity contribution in [2.75, 3.05) is 11.9 Å². The first-order valence-corrected chi connectivity index (χ1v) is 5.57. The van der Waals surface area contributed by atoms with Crippen molar-refractivity contribution in [3.63, 3.8) is 0 Å². The highest BCUT2D eigenvalue weighted by Crippen LogP contribution is 2.46. The quantitative estimate of drug-likeness (QED) is 0.692. The summed E-state index contributed by atoms with van der Waals surface area (Å²) >= 11 is 3.20. The second-order valence-electron chi connectivity index (χ2n) is 4.38. The van der Waals surface area contributed by atoms with E-state index in [9.17, 15) is 4.39 Å². The van der Waals surface area contributed by atoms with Gasteiger partial charge < -0.3 is 4.90 Å². The molecule has 0 unspecified atom stereocenters.